The molecule has 2 aliphatic heterocycles. The van der Waals surface area contributed by atoms with E-state index in [9.17, 15) is 9.90 Å². The van der Waals surface area contributed by atoms with Gasteiger partial charge in [-0.25, -0.2) is 0 Å². The van der Waals surface area contributed by atoms with E-state index in [2.05, 4.69) is 0 Å². The molecule has 0 saturated carbocycles. The van der Waals surface area contributed by atoms with Gasteiger partial charge < -0.3 is 14.7 Å². The second kappa shape index (κ2) is 5.09. The van der Waals surface area contributed by atoms with E-state index < -0.39 is 11.2 Å². The monoisotopic (exact) mass is 287 g/mol. The van der Waals surface area contributed by atoms with E-state index in [1.807, 2.05) is 60.8 Å². The molecule has 0 radical (unpaired) electrons. The first kappa shape index (κ1) is 12.9. The summed E-state index contributed by atoms with van der Waals surface area (Å²) in [5, 5.41) is 8.67. The van der Waals surface area contributed by atoms with Crippen LogP contribution in [0.5, 0.6) is 5.75 Å². The number of rotatable bonds is 3. The van der Waals surface area contributed by atoms with Crippen LogP contribution < -0.4 is 4.74 Å². The molecule has 0 spiro atoms. The van der Waals surface area contributed by atoms with E-state index in [1.54, 1.807) is 0 Å². The van der Waals surface area contributed by atoms with Gasteiger partial charge in [-0.3, -0.25) is 4.79 Å². The SMILES string of the molecule is CN1C=CC2=C(Oc3ccccc3)C(C(=O)O)SC2=C1. The van der Waals surface area contributed by atoms with Gasteiger partial charge in [0.25, 0.3) is 0 Å². The lowest BCUT2D eigenvalue weighted by Crippen LogP contribution is -2.19. The first-order valence-corrected chi connectivity index (χ1v) is 7.02. The Kier molecular flexibility index (Phi) is 3.28. The van der Waals surface area contributed by atoms with Gasteiger partial charge in [0.2, 0.25) is 0 Å². The Morgan fingerprint density at radius 1 is 1.35 bits per heavy atom. The number of hydrogen-bond donors (Lipinski definition) is 1. The highest BCUT2D eigenvalue weighted by Crippen LogP contribution is 2.45. The number of carboxylic acids is 1. The van der Waals surface area contributed by atoms with E-state index in [1.165, 1.54) is 11.8 Å². The van der Waals surface area contributed by atoms with Crippen LogP contribution in [-0.4, -0.2) is 28.3 Å². The molecular weight excluding hydrogens is 274 g/mol. The van der Waals surface area contributed by atoms with Gasteiger partial charge in [-0.05, 0) is 18.2 Å². The zero-order valence-corrected chi connectivity index (χ0v) is 11.6. The van der Waals surface area contributed by atoms with Crippen molar-refractivity contribution in [3.05, 3.63) is 65.0 Å². The summed E-state index contributed by atoms with van der Waals surface area (Å²) in [6.45, 7) is 0. The van der Waals surface area contributed by atoms with Gasteiger partial charge in [0, 0.05) is 29.9 Å². The zero-order valence-electron chi connectivity index (χ0n) is 10.8. The molecule has 2 aliphatic rings. The lowest BCUT2D eigenvalue weighted by Gasteiger charge is -2.15. The van der Waals surface area contributed by atoms with Crippen LogP contribution in [0.25, 0.3) is 0 Å². The molecule has 5 heteroatoms. The number of fused-ring (bicyclic) bond motifs is 1. The number of carboxylic acid groups (broad SMARTS) is 1. The second-order valence-corrected chi connectivity index (χ2v) is 5.65. The van der Waals surface area contributed by atoms with Crippen LogP contribution in [0.4, 0.5) is 0 Å². The number of thioether (sulfide) groups is 1. The summed E-state index contributed by atoms with van der Waals surface area (Å²) in [5.74, 6) is 0.250. The van der Waals surface area contributed by atoms with Gasteiger partial charge in [-0.15, -0.1) is 11.8 Å². The van der Waals surface area contributed by atoms with Gasteiger partial charge in [-0.2, -0.15) is 0 Å². The Labute approximate surface area is 121 Å². The lowest BCUT2D eigenvalue weighted by atomic mass is 10.1. The average Bonchev–Trinajstić information content (AvgIpc) is 2.78. The summed E-state index contributed by atoms with van der Waals surface area (Å²) in [7, 11) is 1.91. The summed E-state index contributed by atoms with van der Waals surface area (Å²) < 4.78 is 5.82. The predicted octanol–water partition coefficient (Wildman–Crippen LogP) is 2.82. The van der Waals surface area contributed by atoms with E-state index in [-0.39, 0.29) is 0 Å². The third kappa shape index (κ3) is 2.32. The number of hydrogen-bond acceptors (Lipinski definition) is 4. The number of allylic oxidation sites excluding steroid dienone is 2. The van der Waals surface area contributed by atoms with E-state index >= 15 is 0 Å². The van der Waals surface area contributed by atoms with Crippen LogP contribution in [-0.2, 0) is 4.79 Å². The normalized spacial score (nSPS) is 20.8. The molecule has 1 aromatic rings. The summed E-state index contributed by atoms with van der Waals surface area (Å²) >= 11 is 1.30. The van der Waals surface area contributed by atoms with Crippen molar-refractivity contribution in [1.29, 1.82) is 0 Å². The molecule has 0 aromatic heterocycles. The maximum absolute atomic E-state index is 11.4. The van der Waals surface area contributed by atoms with Gasteiger partial charge in [-0.1, -0.05) is 18.2 Å². The molecule has 0 saturated heterocycles. The second-order valence-electron chi connectivity index (χ2n) is 4.50. The van der Waals surface area contributed by atoms with Crippen molar-refractivity contribution in [2.75, 3.05) is 7.05 Å². The van der Waals surface area contributed by atoms with Crippen LogP contribution in [0.3, 0.4) is 0 Å². The molecule has 0 amide bonds. The Morgan fingerprint density at radius 2 is 2.10 bits per heavy atom. The van der Waals surface area contributed by atoms with Crippen molar-refractivity contribution >= 4 is 17.7 Å². The topological polar surface area (TPSA) is 49.8 Å². The Morgan fingerprint density at radius 3 is 2.80 bits per heavy atom. The van der Waals surface area contributed by atoms with Crippen molar-refractivity contribution in [3.8, 4) is 5.75 Å². The fourth-order valence-corrected chi connectivity index (χ4v) is 3.24. The van der Waals surface area contributed by atoms with Crippen molar-refractivity contribution in [1.82, 2.24) is 4.90 Å². The highest BCUT2D eigenvalue weighted by molar-refractivity contribution is 8.05. The maximum atomic E-state index is 11.4. The Bertz CT molecular complexity index is 634. The molecule has 2 heterocycles. The van der Waals surface area contributed by atoms with Crippen molar-refractivity contribution < 1.29 is 14.6 Å². The van der Waals surface area contributed by atoms with Gasteiger partial charge in [0.1, 0.15) is 11.5 Å². The van der Waals surface area contributed by atoms with Crippen molar-refractivity contribution in [2.45, 2.75) is 5.25 Å². The highest BCUT2D eigenvalue weighted by atomic mass is 32.2. The fraction of sp³-hybridized carbons (Fsp3) is 0.133. The summed E-state index contributed by atoms with van der Waals surface area (Å²) in [5.41, 5.74) is 0.851. The molecule has 1 atom stereocenters. The summed E-state index contributed by atoms with van der Waals surface area (Å²) in [6.07, 6.45) is 5.69. The van der Waals surface area contributed by atoms with E-state index in [0.717, 1.165) is 10.5 Å². The minimum absolute atomic E-state index is 0.490. The molecule has 102 valence electrons. The first-order chi connectivity index (χ1) is 9.65. The summed E-state index contributed by atoms with van der Waals surface area (Å²) in [4.78, 5) is 14.3. The molecule has 20 heavy (non-hydrogen) atoms. The first-order valence-electron chi connectivity index (χ1n) is 6.14. The quantitative estimate of drug-likeness (QED) is 0.926. The molecule has 1 aromatic carbocycles. The maximum Gasteiger partial charge on any atom is 0.324 e. The standard InChI is InChI=1S/C15H13NO3S/c1-16-8-7-11-12(9-16)20-14(15(17)18)13(11)19-10-5-3-2-4-6-10/h2-9,14H,1H3,(H,17,18). The number of carbonyl (C=O) groups is 1. The number of nitrogens with zero attached hydrogens (tertiary/aromatic N) is 1. The lowest BCUT2D eigenvalue weighted by molar-refractivity contribution is -0.136. The minimum atomic E-state index is -0.889. The number of ether oxygens (including phenoxy) is 1. The third-order valence-corrected chi connectivity index (χ3v) is 4.24. The number of aliphatic carboxylic acids is 1. The zero-order chi connectivity index (χ0) is 14.1. The molecule has 0 fully saturated rings. The molecule has 1 unspecified atom stereocenters. The fourth-order valence-electron chi connectivity index (χ4n) is 2.08. The molecule has 3 rings (SSSR count). The van der Waals surface area contributed by atoms with Crippen LogP contribution in [0, 0.1) is 0 Å². The van der Waals surface area contributed by atoms with Gasteiger partial charge in [0.05, 0.1) is 0 Å². The minimum Gasteiger partial charge on any atom is -0.480 e. The van der Waals surface area contributed by atoms with E-state index in [0.29, 0.717) is 11.5 Å². The van der Waals surface area contributed by atoms with Crippen LogP contribution >= 0.6 is 11.8 Å². The van der Waals surface area contributed by atoms with Gasteiger partial charge in [0.15, 0.2) is 5.25 Å². The van der Waals surface area contributed by atoms with Gasteiger partial charge >= 0.3 is 5.97 Å². The Hall–Kier alpha value is -2.14. The Balaban J connectivity index is 1.99. The van der Waals surface area contributed by atoms with E-state index in [4.69, 9.17) is 4.74 Å². The average molecular weight is 287 g/mol. The molecule has 4 nitrogen and oxygen atoms in total. The largest absolute Gasteiger partial charge is 0.480 e. The molecular formula is C15H13NO3S. The predicted molar refractivity (Wildman–Crippen MR) is 78.1 cm³/mol. The number of para-hydroxylation sites is 1. The molecule has 1 N–H and O–H groups in total. The van der Waals surface area contributed by atoms with Crippen molar-refractivity contribution in [3.63, 3.8) is 0 Å². The van der Waals surface area contributed by atoms with Crippen LogP contribution in [0.1, 0.15) is 0 Å². The number of benzene rings is 1. The van der Waals surface area contributed by atoms with Crippen molar-refractivity contribution in [2.24, 2.45) is 0 Å². The highest BCUT2D eigenvalue weighted by Gasteiger charge is 2.37. The summed E-state index contributed by atoms with van der Waals surface area (Å²) in [6, 6.07) is 9.25. The smallest absolute Gasteiger partial charge is 0.324 e. The van der Waals surface area contributed by atoms with Crippen LogP contribution in [0.15, 0.2) is 65.0 Å². The van der Waals surface area contributed by atoms with Crippen LogP contribution in [0.2, 0.25) is 0 Å². The molecule has 0 aliphatic carbocycles. The molecule has 0 bridgehead atoms. The third-order valence-electron chi connectivity index (χ3n) is 3.01.